The van der Waals surface area contributed by atoms with Gasteiger partial charge in [0, 0.05) is 6.54 Å². The number of rotatable bonds is 8. The average Bonchev–Trinajstić information content (AvgIpc) is 2.61. The molecule has 0 saturated heterocycles. The fraction of sp³-hybridized carbons (Fsp3) is 0.316. The van der Waals surface area contributed by atoms with Crippen molar-refractivity contribution in [1.82, 2.24) is 4.72 Å². The Hall–Kier alpha value is -2.61. The molecule has 0 aromatic heterocycles. The molecule has 0 aliphatic heterocycles. The number of benzene rings is 2. The molecule has 0 radical (unpaired) electrons. The first-order chi connectivity index (χ1) is 13.4. The summed E-state index contributed by atoms with van der Waals surface area (Å²) in [6.45, 7) is 3.93. The Bertz CT molecular complexity index is 1150. The zero-order valence-corrected chi connectivity index (χ0v) is 17.9. The van der Waals surface area contributed by atoms with E-state index < -0.39 is 25.8 Å². The number of aromatic hydroxyl groups is 1. The summed E-state index contributed by atoms with van der Waals surface area (Å²) >= 11 is 0. The molecule has 0 aliphatic carbocycles. The smallest absolute Gasteiger partial charge is 0.244 e. The molecular weight excluding hydrogens is 414 g/mol. The van der Waals surface area contributed by atoms with Gasteiger partial charge in [0.15, 0.2) is 0 Å². The number of sulfonamides is 2. The molecular formula is C19H23N3O5S2. The summed E-state index contributed by atoms with van der Waals surface area (Å²) < 4.78 is 53.1. The molecule has 0 bridgehead atoms. The summed E-state index contributed by atoms with van der Waals surface area (Å²) in [5, 5.41) is 18.8. The lowest BCUT2D eigenvalue weighted by atomic mass is 9.99. The molecule has 0 heterocycles. The number of nitrogens with zero attached hydrogens (tertiary/aromatic N) is 1. The van der Waals surface area contributed by atoms with E-state index in [4.69, 9.17) is 5.26 Å². The second-order valence-corrected chi connectivity index (χ2v) is 10.4. The monoisotopic (exact) mass is 437 g/mol. The fourth-order valence-electron chi connectivity index (χ4n) is 2.66. The van der Waals surface area contributed by atoms with Gasteiger partial charge in [0.2, 0.25) is 20.0 Å². The number of nitriles is 1. The van der Waals surface area contributed by atoms with Gasteiger partial charge in [-0.2, -0.15) is 5.26 Å². The molecule has 10 heteroatoms. The van der Waals surface area contributed by atoms with Crippen molar-refractivity contribution in [3.63, 3.8) is 0 Å². The highest BCUT2D eigenvalue weighted by atomic mass is 32.2. The standard InChI is InChI=1S/C19H23N3O5S2/c1-13(2)16-6-5-15(17(11-16)22-28(3,24)25)8-9-21-29(26,27)19-10-14(12-20)4-7-18(19)23/h4-7,10-11,13,21-23H,8-9H2,1-3H3. The lowest BCUT2D eigenvalue weighted by molar-refractivity contribution is 0.458. The van der Waals surface area contributed by atoms with Gasteiger partial charge < -0.3 is 5.11 Å². The van der Waals surface area contributed by atoms with Crippen molar-refractivity contribution in [3.05, 3.63) is 53.1 Å². The summed E-state index contributed by atoms with van der Waals surface area (Å²) in [4.78, 5) is -0.388. The van der Waals surface area contributed by atoms with Crippen LogP contribution in [0.1, 0.15) is 36.5 Å². The molecule has 2 aromatic carbocycles. The van der Waals surface area contributed by atoms with Crippen LogP contribution in [0.3, 0.4) is 0 Å². The number of phenols is 1. The zero-order chi connectivity index (χ0) is 21.8. The van der Waals surface area contributed by atoms with Crippen LogP contribution in [0.2, 0.25) is 0 Å². The Morgan fingerprint density at radius 2 is 1.79 bits per heavy atom. The van der Waals surface area contributed by atoms with Crippen molar-refractivity contribution in [2.75, 3.05) is 17.5 Å². The lowest BCUT2D eigenvalue weighted by Crippen LogP contribution is -2.26. The second-order valence-electron chi connectivity index (χ2n) is 6.89. The van der Waals surface area contributed by atoms with Crippen LogP contribution in [0.5, 0.6) is 5.75 Å². The molecule has 2 aromatic rings. The number of hydrogen-bond donors (Lipinski definition) is 3. The van der Waals surface area contributed by atoms with Crippen molar-refractivity contribution >= 4 is 25.7 Å². The van der Waals surface area contributed by atoms with Crippen molar-refractivity contribution in [2.24, 2.45) is 0 Å². The van der Waals surface area contributed by atoms with E-state index in [1.165, 1.54) is 6.07 Å². The highest BCUT2D eigenvalue weighted by molar-refractivity contribution is 7.92. The third kappa shape index (κ3) is 6.19. The maximum Gasteiger partial charge on any atom is 0.244 e. The Labute approximate surface area is 171 Å². The second kappa shape index (κ2) is 8.82. The van der Waals surface area contributed by atoms with Gasteiger partial charge in [0.25, 0.3) is 0 Å². The van der Waals surface area contributed by atoms with Crippen molar-refractivity contribution in [2.45, 2.75) is 31.1 Å². The van der Waals surface area contributed by atoms with Crippen LogP contribution >= 0.6 is 0 Å². The van der Waals surface area contributed by atoms with Gasteiger partial charge in [-0.25, -0.2) is 21.6 Å². The molecule has 3 N–H and O–H groups in total. The number of phenolic OH excluding ortho intramolecular Hbond substituents is 1. The summed E-state index contributed by atoms with van der Waals surface area (Å²) in [7, 11) is -7.56. The topological polar surface area (TPSA) is 136 Å². The van der Waals surface area contributed by atoms with E-state index in [2.05, 4.69) is 9.44 Å². The van der Waals surface area contributed by atoms with Gasteiger partial charge in [-0.1, -0.05) is 26.0 Å². The van der Waals surface area contributed by atoms with Gasteiger partial charge in [-0.15, -0.1) is 0 Å². The van der Waals surface area contributed by atoms with E-state index in [9.17, 15) is 21.9 Å². The van der Waals surface area contributed by atoms with Crippen LogP contribution in [0, 0.1) is 11.3 Å². The van der Waals surface area contributed by atoms with E-state index in [-0.39, 0.29) is 29.3 Å². The van der Waals surface area contributed by atoms with Crippen LogP contribution < -0.4 is 9.44 Å². The van der Waals surface area contributed by atoms with Crippen LogP contribution in [0.4, 0.5) is 5.69 Å². The molecule has 2 rings (SSSR count). The normalized spacial score (nSPS) is 12.0. The van der Waals surface area contributed by atoms with E-state index in [1.807, 2.05) is 26.0 Å². The Balaban J connectivity index is 2.22. The molecule has 156 valence electrons. The molecule has 0 saturated carbocycles. The maximum atomic E-state index is 12.5. The summed E-state index contributed by atoms with van der Waals surface area (Å²) in [6.07, 6.45) is 1.26. The van der Waals surface area contributed by atoms with E-state index in [0.29, 0.717) is 11.3 Å². The van der Waals surface area contributed by atoms with Crippen molar-refractivity contribution in [3.8, 4) is 11.8 Å². The third-order valence-electron chi connectivity index (χ3n) is 4.16. The molecule has 0 spiro atoms. The Morgan fingerprint density at radius 3 is 2.38 bits per heavy atom. The van der Waals surface area contributed by atoms with Gasteiger partial charge in [-0.05, 0) is 47.7 Å². The first kappa shape index (κ1) is 22.7. The molecule has 0 fully saturated rings. The quantitative estimate of drug-likeness (QED) is 0.579. The average molecular weight is 438 g/mol. The predicted molar refractivity (Wildman–Crippen MR) is 111 cm³/mol. The van der Waals surface area contributed by atoms with Gasteiger partial charge in [0.05, 0.1) is 23.6 Å². The SMILES string of the molecule is CC(C)c1ccc(CCNS(=O)(=O)c2cc(C#N)ccc2O)c(NS(C)(=O)=O)c1. The minimum Gasteiger partial charge on any atom is -0.507 e. The molecule has 0 amide bonds. The first-order valence-electron chi connectivity index (χ1n) is 8.76. The van der Waals surface area contributed by atoms with E-state index in [0.717, 1.165) is 24.0 Å². The Kier molecular flexibility index (Phi) is 6.89. The number of nitrogens with one attached hydrogen (secondary N) is 2. The van der Waals surface area contributed by atoms with Crippen molar-refractivity contribution in [1.29, 1.82) is 5.26 Å². The first-order valence-corrected chi connectivity index (χ1v) is 12.1. The Morgan fingerprint density at radius 1 is 1.10 bits per heavy atom. The molecule has 0 unspecified atom stereocenters. The lowest BCUT2D eigenvalue weighted by Gasteiger charge is -2.15. The predicted octanol–water partition coefficient (Wildman–Crippen LogP) is 2.28. The summed E-state index contributed by atoms with van der Waals surface area (Å²) in [6, 6.07) is 10.7. The maximum absolute atomic E-state index is 12.5. The minimum absolute atomic E-state index is 0.0297. The van der Waals surface area contributed by atoms with Gasteiger partial charge in [0.1, 0.15) is 10.6 Å². The highest BCUT2D eigenvalue weighted by Crippen LogP contribution is 2.25. The van der Waals surface area contributed by atoms with Gasteiger partial charge >= 0.3 is 0 Å². The van der Waals surface area contributed by atoms with Crippen LogP contribution in [-0.2, 0) is 26.5 Å². The molecule has 0 atom stereocenters. The van der Waals surface area contributed by atoms with E-state index in [1.54, 1.807) is 12.1 Å². The number of anilines is 1. The molecule has 29 heavy (non-hydrogen) atoms. The molecule has 0 aliphatic rings. The number of hydrogen-bond acceptors (Lipinski definition) is 6. The van der Waals surface area contributed by atoms with E-state index >= 15 is 0 Å². The highest BCUT2D eigenvalue weighted by Gasteiger charge is 2.19. The zero-order valence-electron chi connectivity index (χ0n) is 16.3. The van der Waals surface area contributed by atoms with Crippen LogP contribution in [-0.4, -0.2) is 34.7 Å². The minimum atomic E-state index is -4.05. The van der Waals surface area contributed by atoms with Crippen molar-refractivity contribution < 1.29 is 21.9 Å². The third-order valence-corrected chi connectivity index (χ3v) is 6.24. The van der Waals surface area contributed by atoms with Gasteiger partial charge in [-0.3, -0.25) is 4.72 Å². The largest absolute Gasteiger partial charge is 0.507 e. The summed E-state index contributed by atoms with van der Waals surface area (Å²) in [5.41, 5.74) is 2.07. The fourth-order valence-corrected chi connectivity index (χ4v) is 4.40. The van der Waals surface area contributed by atoms with Crippen LogP contribution in [0.25, 0.3) is 0 Å². The summed E-state index contributed by atoms with van der Waals surface area (Å²) in [5.74, 6) is -0.268. The molecule has 8 nitrogen and oxygen atoms in total. The van der Waals surface area contributed by atoms with Crippen LogP contribution in [0.15, 0.2) is 41.3 Å².